The minimum atomic E-state index is 0.0345. The molecule has 4 saturated carbocycles. The average molecular weight is 396 g/mol. The molecular weight excluding hydrogens is 362 g/mol. The van der Waals surface area contributed by atoms with Crippen LogP contribution in [0.5, 0.6) is 0 Å². The Morgan fingerprint density at radius 3 is 2.14 bits per heavy atom. The van der Waals surface area contributed by atoms with Gasteiger partial charge in [-0.25, -0.2) is 0 Å². The molecule has 0 unspecified atom stereocenters. The highest BCUT2D eigenvalue weighted by Crippen LogP contribution is 2.56. The number of anilines is 1. The first-order valence-corrected chi connectivity index (χ1v) is 11.5. The van der Waals surface area contributed by atoms with Crippen LogP contribution in [0, 0.1) is 29.6 Å². The Labute approximate surface area is 173 Å². The Morgan fingerprint density at radius 1 is 0.897 bits per heavy atom. The zero-order chi connectivity index (χ0) is 19.8. The molecule has 6 rings (SSSR count). The van der Waals surface area contributed by atoms with Crippen molar-refractivity contribution in [3.8, 4) is 0 Å². The van der Waals surface area contributed by atoms with Crippen LogP contribution >= 0.6 is 0 Å². The lowest BCUT2D eigenvalue weighted by Crippen LogP contribution is -2.54. The van der Waals surface area contributed by atoms with Gasteiger partial charge < -0.3 is 10.6 Å². The smallest absolute Gasteiger partial charge is 0.238 e. The summed E-state index contributed by atoms with van der Waals surface area (Å²) in [5, 5.41) is 6.35. The number of rotatable bonds is 5. The van der Waals surface area contributed by atoms with E-state index in [-0.39, 0.29) is 17.9 Å². The van der Waals surface area contributed by atoms with Crippen LogP contribution in [0.15, 0.2) is 30.3 Å². The minimum Gasteiger partial charge on any atom is -0.353 e. The normalized spacial score (nSPS) is 34.1. The number of amides is 2. The number of likely N-dealkylation sites (tertiary alicyclic amines) is 1. The highest BCUT2D eigenvalue weighted by molar-refractivity contribution is 5.92. The zero-order valence-corrected chi connectivity index (χ0v) is 17.2. The van der Waals surface area contributed by atoms with Crippen molar-refractivity contribution in [3.05, 3.63) is 30.3 Å². The number of hydrogen-bond acceptors (Lipinski definition) is 3. The lowest BCUT2D eigenvalue weighted by molar-refractivity contribution is -0.139. The number of benzene rings is 1. The zero-order valence-electron chi connectivity index (χ0n) is 17.2. The van der Waals surface area contributed by atoms with E-state index in [4.69, 9.17) is 0 Å². The predicted octanol–water partition coefficient (Wildman–Crippen LogP) is 3.28. The molecule has 0 radical (unpaired) electrons. The number of para-hydroxylation sites is 1. The summed E-state index contributed by atoms with van der Waals surface area (Å²) in [4.78, 5) is 27.5. The topological polar surface area (TPSA) is 61.4 Å². The molecule has 29 heavy (non-hydrogen) atoms. The quantitative estimate of drug-likeness (QED) is 0.804. The number of carbonyl (C=O) groups excluding carboxylic acids is 2. The Kier molecular flexibility index (Phi) is 5.33. The largest absolute Gasteiger partial charge is 0.353 e. The van der Waals surface area contributed by atoms with Gasteiger partial charge in [0.2, 0.25) is 11.8 Å². The summed E-state index contributed by atoms with van der Waals surface area (Å²) in [5.74, 6) is 3.75. The fourth-order valence-electron chi connectivity index (χ4n) is 6.81. The fraction of sp³-hybridized carbons (Fsp3) is 0.667. The van der Waals surface area contributed by atoms with E-state index in [1.54, 1.807) is 0 Å². The maximum absolute atomic E-state index is 13.1. The molecule has 5 fully saturated rings. The van der Waals surface area contributed by atoms with Crippen molar-refractivity contribution in [1.29, 1.82) is 0 Å². The van der Waals surface area contributed by atoms with Gasteiger partial charge in [-0.2, -0.15) is 0 Å². The van der Waals surface area contributed by atoms with Gasteiger partial charge in [0.25, 0.3) is 0 Å². The molecule has 1 aromatic carbocycles. The maximum atomic E-state index is 13.1. The molecule has 2 N–H and O–H groups in total. The molecular formula is C24H33N3O2. The minimum absolute atomic E-state index is 0.0345. The third-order valence-electron chi connectivity index (χ3n) is 7.89. The van der Waals surface area contributed by atoms with Crippen molar-refractivity contribution in [1.82, 2.24) is 10.2 Å². The third-order valence-corrected chi connectivity index (χ3v) is 7.89. The summed E-state index contributed by atoms with van der Waals surface area (Å²) in [6, 6.07) is 9.87. The van der Waals surface area contributed by atoms with Crippen LogP contribution in [0.4, 0.5) is 5.69 Å². The average Bonchev–Trinajstić information content (AvgIpc) is 2.69. The number of hydrogen-bond donors (Lipinski definition) is 2. The van der Waals surface area contributed by atoms with E-state index in [0.29, 0.717) is 24.3 Å². The fourth-order valence-corrected chi connectivity index (χ4v) is 6.81. The molecule has 1 aliphatic heterocycles. The van der Waals surface area contributed by atoms with E-state index in [1.165, 1.54) is 32.1 Å². The number of nitrogens with one attached hydrogen (secondary N) is 2. The molecule has 5 aliphatic rings. The number of piperidine rings is 1. The second kappa shape index (κ2) is 8.10. The lowest BCUT2D eigenvalue weighted by Gasteiger charge is -2.53. The van der Waals surface area contributed by atoms with Crippen LogP contribution in [0.1, 0.15) is 44.9 Å². The summed E-state index contributed by atoms with van der Waals surface area (Å²) in [7, 11) is 0. The van der Waals surface area contributed by atoms with E-state index in [1.807, 2.05) is 30.3 Å². The van der Waals surface area contributed by atoms with Gasteiger partial charge >= 0.3 is 0 Å². The van der Waals surface area contributed by atoms with Crippen molar-refractivity contribution in [2.45, 2.75) is 51.0 Å². The highest BCUT2D eigenvalue weighted by Gasteiger charge is 2.50. The van der Waals surface area contributed by atoms with Crippen LogP contribution in [0.25, 0.3) is 0 Å². The molecule has 4 bridgehead atoms. The first-order chi connectivity index (χ1) is 14.1. The van der Waals surface area contributed by atoms with Crippen molar-refractivity contribution < 1.29 is 9.59 Å². The van der Waals surface area contributed by atoms with Gasteiger partial charge in [0, 0.05) is 30.7 Å². The van der Waals surface area contributed by atoms with Crippen LogP contribution in [0.2, 0.25) is 0 Å². The first kappa shape index (κ1) is 19.1. The maximum Gasteiger partial charge on any atom is 0.238 e. The summed E-state index contributed by atoms with van der Waals surface area (Å²) < 4.78 is 0. The Morgan fingerprint density at radius 2 is 1.52 bits per heavy atom. The Balaban J connectivity index is 1.07. The van der Waals surface area contributed by atoms with Crippen LogP contribution in [0.3, 0.4) is 0 Å². The van der Waals surface area contributed by atoms with E-state index in [9.17, 15) is 9.59 Å². The second-order valence-electron chi connectivity index (χ2n) is 9.93. The van der Waals surface area contributed by atoms with Crippen molar-refractivity contribution in [2.24, 2.45) is 29.6 Å². The second-order valence-corrected chi connectivity index (χ2v) is 9.93. The summed E-state index contributed by atoms with van der Waals surface area (Å²) in [6.45, 7) is 2.16. The van der Waals surface area contributed by atoms with Crippen molar-refractivity contribution in [2.75, 3.05) is 25.0 Å². The molecule has 0 spiro atoms. The highest BCUT2D eigenvalue weighted by atomic mass is 16.2. The molecule has 5 nitrogen and oxygen atoms in total. The first-order valence-electron chi connectivity index (χ1n) is 11.5. The van der Waals surface area contributed by atoms with Crippen molar-refractivity contribution >= 4 is 17.5 Å². The van der Waals surface area contributed by atoms with Gasteiger partial charge in [-0.05, 0) is 80.8 Å². The van der Waals surface area contributed by atoms with Gasteiger partial charge in [0.05, 0.1) is 6.54 Å². The number of carbonyl (C=O) groups is 2. The van der Waals surface area contributed by atoms with Crippen LogP contribution < -0.4 is 10.6 Å². The van der Waals surface area contributed by atoms with Crippen molar-refractivity contribution in [3.63, 3.8) is 0 Å². The molecule has 1 heterocycles. The third kappa shape index (κ3) is 4.20. The Hall–Kier alpha value is -1.88. The van der Waals surface area contributed by atoms with E-state index >= 15 is 0 Å². The summed E-state index contributed by atoms with van der Waals surface area (Å²) in [6.07, 6.45) is 8.48. The van der Waals surface area contributed by atoms with Gasteiger partial charge in [0.15, 0.2) is 0 Å². The van der Waals surface area contributed by atoms with Gasteiger partial charge in [-0.1, -0.05) is 18.2 Å². The van der Waals surface area contributed by atoms with E-state index in [0.717, 1.165) is 43.5 Å². The monoisotopic (exact) mass is 395 g/mol. The Bertz CT molecular complexity index is 714. The molecule has 1 aromatic rings. The molecule has 0 atom stereocenters. The molecule has 4 aliphatic carbocycles. The molecule has 156 valence electrons. The van der Waals surface area contributed by atoms with Crippen LogP contribution in [-0.4, -0.2) is 42.4 Å². The summed E-state index contributed by atoms with van der Waals surface area (Å²) >= 11 is 0. The van der Waals surface area contributed by atoms with E-state index in [2.05, 4.69) is 15.5 Å². The van der Waals surface area contributed by atoms with Crippen LogP contribution in [-0.2, 0) is 9.59 Å². The molecule has 0 aromatic heterocycles. The molecule has 2 amide bonds. The summed E-state index contributed by atoms with van der Waals surface area (Å²) in [5.41, 5.74) is 0.843. The molecule has 1 saturated heterocycles. The van der Waals surface area contributed by atoms with Gasteiger partial charge in [0.1, 0.15) is 0 Å². The number of nitrogens with zero attached hydrogens (tertiary/aromatic N) is 1. The molecule has 5 heteroatoms. The lowest BCUT2D eigenvalue weighted by atomic mass is 9.51. The predicted molar refractivity (Wildman–Crippen MR) is 113 cm³/mol. The van der Waals surface area contributed by atoms with Gasteiger partial charge in [-0.3, -0.25) is 14.5 Å². The SMILES string of the molecule is O=C(CN1CCC(NC(=O)C2C3CC4CC(C3)CC2C4)CC1)Nc1ccccc1. The van der Waals surface area contributed by atoms with Gasteiger partial charge in [-0.15, -0.1) is 0 Å². The standard InChI is InChI=1S/C24H33N3O2/c28-22(25-20-4-2-1-3-5-20)15-27-8-6-21(7-9-27)26-24(29)23-18-11-16-10-17(13-18)14-19(23)12-16/h1-5,16-19,21,23H,6-15H2,(H,25,28)(H,26,29). The van der Waals surface area contributed by atoms with E-state index < -0.39 is 0 Å².